The summed E-state index contributed by atoms with van der Waals surface area (Å²) in [5.41, 5.74) is 4.77. The third kappa shape index (κ3) is 2.92. The zero-order chi connectivity index (χ0) is 14.8. The van der Waals surface area contributed by atoms with Gasteiger partial charge < -0.3 is 10.4 Å². The molecule has 3 rings (SSSR count). The molecular weight excluding hydrogens is 262 g/mol. The van der Waals surface area contributed by atoms with Crippen LogP contribution in [-0.4, -0.2) is 11.1 Å². The number of carbonyl (C=O) groups is 1. The number of hydrogen-bond acceptors (Lipinski definition) is 2. The van der Waals surface area contributed by atoms with Crippen LogP contribution in [-0.2, 0) is 6.54 Å². The quantitative estimate of drug-likeness (QED) is 0.864. The predicted molar refractivity (Wildman–Crippen MR) is 83.9 cm³/mol. The minimum Gasteiger partial charge on any atom is -0.478 e. The molecule has 2 N–H and O–H groups in total. The van der Waals surface area contributed by atoms with E-state index in [2.05, 4.69) is 29.6 Å². The Hall–Kier alpha value is -2.29. The van der Waals surface area contributed by atoms with Crippen LogP contribution in [0.2, 0.25) is 0 Å². The van der Waals surface area contributed by atoms with Gasteiger partial charge in [0, 0.05) is 12.2 Å². The molecule has 0 aromatic heterocycles. The summed E-state index contributed by atoms with van der Waals surface area (Å²) in [5.74, 6) is -0.163. The van der Waals surface area contributed by atoms with Crippen LogP contribution in [0.3, 0.4) is 0 Å². The Bertz CT molecular complexity index is 675. The van der Waals surface area contributed by atoms with Crippen LogP contribution < -0.4 is 5.32 Å². The summed E-state index contributed by atoms with van der Waals surface area (Å²) in [5, 5.41) is 12.6. The lowest BCUT2D eigenvalue weighted by Gasteiger charge is -2.14. The van der Waals surface area contributed by atoms with E-state index in [4.69, 9.17) is 0 Å². The Labute approximate surface area is 124 Å². The second-order valence-corrected chi connectivity index (χ2v) is 5.61. The van der Waals surface area contributed by atoms with E-state index in [1.54, 1.807) is 12.1 Å². The minimum atomic E-state index is -0.880. The molecule has 0 atom stereocenters. The molecule has 0 amide bonds. The van der Waals surface area contributed by atoms with E-state index >= 15 is 0 Å². The minimum absolute atomic E-state index is 0.357. The Balaban J connectivity index is 1.79. The zero-order valence-electron chi connectivity index (χ0n) is 12.1. The lowest BCUT2D eigenvalue weighted by Crippen LogP contribution is -2.07. The number of anilines is 1. The molecule has 0 aliphatic heterocycles. The van der Waals surface area contributed by atoms with E-state index < -0.39 is 5.97 Å². The highest BCUT2D eigenvalue weighted by molar-refractivity contribution is 5.91. The maximum Gasteiger partial charge on any atom is 0.336 e. The summed E-state index contributed by atoms with van der Waals surface area (Å²) in [6.07, 6.45) is 2.56. The number of nitrogens with one attached hydrogen (secondary N) is 1. The van der Waals surface area contributed by atoms with Gasteiger partial charge in [0.05, 0.1) is 5.56 Å². The Kier molecular flexibility index (Phi) is 3.65. The second kappa shape index (κ2) is 5.60. The molecule has 1 fully saturated rings. The molecule has 108 valence electrons. The first-order valence-electron chi connectivity index (χ1n) is 7.31. The van der Waals surface area contributed by atoms with Crippen molar-refractivity contribution in [3.8, 4) is 0 Å². The molecule has 0 spiro atoms. The predicted octanol–water partition coefficient (Wildman–Crippen LogP) is 4.18. The number of aromatic carboxylic acids is 1. The standard InChI is InChI=1S/C18H19NO2/c1-12-15(18(20)21)7-4-8-17(12)19-11-14-5-2-3-6-16(14)13-9-10-13/h2-8,13,19H,9-11H2,1H3,(H,20,21). The Morgan fingerprint density at radius 3 is 2.67 bits per heavy atom. The topological polar surface area (TPSA) is 49.3 Å². The van der Waals surface area contributed by atoms with Gasteiger partial charge in [0.15, 0.2) is 0 Å². The Morgan fingerprint density at radius 2 is 1.95 bits per heavy atom. The molecule has 2 aromatic rings. The van der Waals surface area contributed by atoms with Crippen molar-refractivity contribution in [2.75, 3.05) is 5.32 Å². The highest BCUT2D eigenvalue weighted by atomic mass is 16.4. The third-order valence-corrected chi connectivity index (χ3v) is 4.11. The fourth-order valence-electron chi connectivity index (χ4n) is 2.74. The van der Waals surface area contributed by atoms with E-state index in [-0.39, 0.29) is 0 Å². The average Bonchev–Trinajstić information content (AvgIpc) is 3.31. The molecule has 0 saturated heterocycles. The largest absolute Gasteiger partial charge is 0.478 e. The molecule has 0 unspecified atom stereocenters. The van der Waals surface area contributed by atoms with E-state index in [0.717, 1.165) is 23.7 Å². The molecular formula is C18H19NO2. The van der Waals surface area contributed by atoms with Gasteiger partial charge in [-0.25, -0.2) is 4.79 Å². The van der Waals surface area contributed by atoms with Crippen LogP contribution in [0.4, 0.5) is 5.69 Å². The molecule has 0 bridgehead atoms. The van der Waals surface area contributed by atoms with Gasteiger partial charge in [0.2, 0.25) is 0 Å². The van der Waals surface area contributed by atoms with Crippen molar-refractivity contribution in [2.24, 2.45) is 0 Å². The molecule has 3 heteroatoms. The van der Waals surface area contributed by atoms with Crippen molar-refractivity contribution < 1.29 is 9.90 Å². The van der Waals surface area contributed by atoms with E-state index in [0.29, 0.717) is 5.56 Å². The highest BCUT2D eigenvalue weighted by Crippen LogP contribution is 2.41. The van der Waals surface area contributed by atoms with Gasteiger partial charge in [-0.3, -0.25) is 0 Å². The van der Waals surface area contributed by atoms with Crippen molar-refractivity contribution in [1.82, 2.24) is 0 Å². The third-order valence-electron chi connectivity index (χ3n) is 4.11. The van der Waals surface area contributed by atoms with Gasteiger partial charge in [0.1, 0.15) is 0 Å². The first-order chi connectivity index (χ1) is 10.2. The van der Waals surface area contributed by atoms with Gasteiger partial charge in [-0.2, -0.15) is 0 Å². The van der Waals surface area contributed by atoms with Gasteiger partial charge >= 0.3 is 5.97 Å². The normalized spacial score (nSPS) is 14.0. The fraction of sp³-hybridized carbons (Fsp3) is 0.278. The average molecular weight is 281 g/mol. The summed E-state index contributed by atoms with van der Waals surface area (Å²) in [7, 11) is 0. The van der Waals surface area contributed by atoms with Crippen LogP contribution in [0.25, 0.3) is 0 Å². The first kappa shape index (κ1) is 13.7. The maximum atomic E-state index is 11.2. The molecule has 1 saturated carbocycles. The summed E-state index contributed by atoms with van der Waals surface area (Å²) < 4.78 is 0. The van der Waals surface area contributed by atoms with Gasteiger partial charge in [0.25, 0.3) is 0 Å². The summed E-state index contributed by atoms with van der Waals surface area (Å²) in [6, 6.07) is 13.9. The van der Waals surface area contributed by atoms with Crippen LogP contribution in [0.1, 0.15) is 45.8 Å². The van der Waals surface area contributed by atoms with Crippen molar-refractivity contribution in [3.05, 3.63) is 64.7 Å². The van der Waals surface area contributed by atoms with Gasteiger partial charge in [-0.15, -0.1) is 0 Å². The lowest BCUT2D eigenvalue weighted by atomic mass is 10.0. The lowest BCUT2D eigenvalue weighted by molar-refractivity contribution is 0.0696. The fourth-order valence-corrected chi connectivity index (χ4v) is 2.74. The number of carboxylic acids is 1. The molecule has 2 aromatic carbocycles. The van der Waals surface area contributed by atoms with Crippen LogP contribution in [0.5, 0.6) is 0 Å². The van der Waals surface area contributed by atoms with E-state index in [1.807, 2.05) is 13.0 Å². The van der Waals surface area contributed by atoms with Gasteiger partial charge in [-0.05, 0) is 54.5 Å². The SMILES string of the molecule is Cc1c(NCc2ccccc2C2CC2)cccc1C(=O)O. The van der Waals surface area contributed by atoms with Gasteiger partial charge in [-0.1, -0.05) is 30.3 Å². The smallest absolute Gasteiger partial charge is 0.336 e. The number of benzene rings is 2. The zero-order valence-corrected chi connectivity index (χ0v) is 12.1. The van der Waals surface area contributed by atoms with E-state index in [1.165, 1.54) is 24.0 Å². The highest BCUT2D eigenvalue weighted by Gasteiger charge is 2.25. The van der Waals surface area contributed by atoms with Crippen LogP contribution in [0.15, 0.2) is 42.5 Å². The first-order valence-corrected chi connectivity index (χ1v) is 7.31. The second-order valence-electron chi connectivity index (χ2n) is 5.61. The van der Waals surface area contributed by atoms with Crippen LogP contribution in [0, 0.1) is 6.92 Å². The molecule has 0 radical (unpaired) electrons. The van der Waals surface area contributed by atoms with Crippen molar-refractivity contribution in [3.63, 3.8) is 0 Å². The van der Waals surface area contributed by atoms with Crippen molar-refractivity contribution >= 4 is 11.7 Å². The summed E-state index contributed by atoms with van der Waals surface area (Å²) in [4.78, 5) is 11.2. The van der Waals surface area contributed by atoms with Crippen molar-refractivity contribution in [1.29, 1.82) is 0 Å². The van der Waals surface area contributed by atoms with Crippen molar-refractivity contribution in [2.45, 2.75) is 32.2 Å². The summed E-state index contributed by atoms with van der Waals surface area (Å²) in [6.45, 7) is 2.58. The monoisotopic (exact) mass is 281 g/mol. The Morgan fingerprint density at radius 1 is 1.19 bits per heavy atom. The van der Waals surface area contributed by atoms with E-state index in [9.17, 15) is 9.90 Å². The molecule has 3 nitrogen and oxygen atoms in total. The number of carboxylic acid groups (broad SMARTS) is 1. The molecule has 21 heavy (non-hydrogen) atoms. The number of rotatable bonds is 5. The van der Waals surface area contributed by atoms with Crippen LogP contribution >= 0.6 is 0 Å². The molecule has 0 heterocycles. The maximum absolute atomic E-state index is 11.2. The molecule has 1 aliphatic carbocycles. The molecule has 1 aliphatic rings. The number of hydrogen-bond donors (Lipinski definition) is 2. The summed E-state index contributed by atoms with van der Waals surface area (Å²) >= 11 is 0.